The van der Waals surface area contributed by atoms with Gasteiger partial charge in [0.1, 0.15) is 17.4 Å². The van der Waals surface area contributed by atoms with Crippen LogP contribution in [0.25, 0.3) is 0 Å². The van der Waals surface area contributed by atoms with Gasteiger partial charge in [0.15, 0.2) is 0 Å². The van der Waals surface area contributed by atoms with Gasteiger partial charge in [0, 0.05) is 19.7 Å². The molecule has 0 spiro atoms. The summed E-state index contributed by atoms with van der Waals surface area (Å²) < 4.78 is 10.4. The molecule has 0 radical (unpaired) electrons. The molecule has 1 aliphatic rings. The van der Waals surface area contributed by atoms with Crippen molar-refractivity contribution in [2.45, 2.75) is 5.92 Å². The molecule has 92 valence electrons. The van der Waals surface area contributed by atoms with Crippen molar-refractivity contribution in [2.75, 3.05) is 32.7 Å². The predicted octanol–water partition coefficient (Wildman–Crippen LogP) is 1.32. The molecule has 1 heterocycles. The van der Waals surface area contributed by atoms with E-state index in [4.69, 9.17) is 9.47 Å². The zero-order valence-corrected chi connectivity index (χ0v) is 10.1. The molecule has 17 heavy (non-hydrogen) atoms. The molecule has 0 aromatic heterocycles. The minimum absolute atomic E-state index is 0.453. The standard InChI is InChI=1S/C12H15NO4/c1-13-6-9(12(14)15)8-4-7(16-2)5-10(17-3)11(8)13/h4-5,9H,6H2,1-3H3,(H,14,15). The number of likely N-dealkylation sites (N-methyl/N-ethyl adjacent to an activating group) is 1. The Labute approximate surface area is 99.6 Å². The molecule has 1 unspecified atom stereocenters. The molecular formula is C12H15NO4. The fourth-order valence-electron chi connectivity index (χ4n) is 2.23. The number of hydrogen-bond acceptors (Lipinski definition) is 4. The highest BCUT2D eigenvalue weighted by Crippen LogP contribution is 2.44. The van der Waals surface area contributed by atoms with Gasteiger partial charge in [0.25, 0.3) is 0 Å². The van der Waals surface area contributed by atoms with E-state index < -0.39 is 11.9 Å². The highest BCUT2D eigenvalue weighted by atomic mass is 16.5. The Balaban J connectivity index is 2.59. The van der Waals surface area contributed by atoms with E-state index in [0.29, 0.717) is 18.0 Å². The summed E-state index contributed by atoms with van der Waals surface area (Å²) in [6, 6.07) is 3.53. The van der Waals surface area contributed by atoms with Gasteiger partial charge in [-0.3, -0.25) is 4.79 Å². The molecule has 0 amide bonds. The van der Waals surface area contributed by atoms with Crippen molar-refractivity contribution in [3.63, 3.8) is 0 Å². The Morgan fingerprint density at radius 1 is 1.41 bits per heavy atom. The summed E-state index contributed by atoms with van der Waals surface area (Å²) in [7, 11) is 4.98. The summed E-state index contributed by atoms with van der Waals surface area (Å²) >= 11 is 0. The Morgan fingerprint density at radius 2 is 2.12 bits per heavy atom. The highest BCUT2D eigenvalue weighted by molar-refractivity contribution is 5.85. The molecule has 2 rings (SSSR count). The van der Waals surface area contributed by atoms with Crippen LogP contribution in [-0.2, 0) is 4.79 Å². The zero-order valence-electron chi connectivity index (χ0n) is 10.1. The Hall–Kier alpha value is -1.91. The average molecular weight is 237 g/mol. The zero-order chi connectivity index (χ0) is 12.6. The minimum Gasteiger partial charge on any atom is -0.497 e. The van der Waals surface area contributed by atoms with E-state index in [1.165, 1.54) is 0 Å². The van der Waals surface area contributed by atoms with Gasteiger partial charge in [0.2, 0.25) is 0 Å². The summed E-state index contributed by atoms with van der Waals surface area (Å²) in [5.41, 5.74) is 1.58. The van der Waals surface area contributed by atoms with Crippen molar-refractivity contribution < 1.29 is 19.4 Å². The van der Waals surface area contributed by atoms with Crippen LogP contribution in [0.3, 0.4) is 0 Å². The molecule has 0 saturated carbocycles. The fourth-order valence-corrected chi connectivity index (χ4v) is 2.23. The normalized spacial score (nSPS) is 17.8. The van der Waals surface area contributed by atoms with Crippen LogP contribution in [0.5, 0.6) is 11.5 Å². The van der Waals surface area contributed by atoms with Crippen molar-refractivity contribution in [3.05, 3.63) is 17.7 Å². The summed E-state index contributed by atoms with van der Waals surface area (Å²) in [6.45, 7) is 0.453. The molecule has 1 aliphatic heterocycles. The number of methoxy groups -OCH3 is 2. The van der Waals surface area contributed by atoms with E-state index in [2.05, 4.69) is 0 Å². The van der Waals surface area contributed by atoms with E-state index in [1.807, 2.05) is 11.9 Å². The third-order valence-electron chi connectivity index (χ3n) is 3.05. The number of fused-ring (bicyclic) bond motifs is 1. The Kier molecular flexibility index (Phi) is 2.83. The smallest absolute Gasteiger partial charge is 0.312 e. The number of aliphatic carboxylic acids is 1. The SMILES string of the molecule is COc1cc(OC)c2c(c1)C(C(=O)O)CN2C. The topological polar surface area (TPSA) is 59.0 Å². The molecule has 5 nitrogen and oxygen atoms in total. The van der Waals surface area contributed by atoms with Crippen LogP contribution >= 0.6 is 0 Å². The molecule has 0 aliphatic carbocycles. The summed E-state index contributed by atoms with van der Waals surface area (Å²) in [5.74, 6) is -0.0994. The number of carbonyl (C=O) groups is 1. The first-order valence-electron chi connectivity index (χ1n) is 5.28. The molecule has 1 atom stereocenters. The van der Waals surface area contributed by atoms with Crippen LogP contribution in [0, 0.1) is 0 Å². The van der Waals surface area contributed by atoms with E-state index in [9.17, 15) is 9.90 Å². The highest BCUT2D eigenvalue weighted by Gasteiger charge is 2.34. The first kappa shape index (κ1) is 11.6. The Bertz CT molecular complexity index is 458. The van der Waals surface area contributed by atoms with Crippen molar-refractivity contribution in [3.8, 4) is 11.5 Å². The summed E-state index contributed by atoms with van der Waals surface area (Å²) in [6.07, 6.45) is 0. The second-order valence-electron chi connectivity index (χ2n) is 4.04. The lowest BCUT2D eigenvalue weighted by molar-refractivity contribution is -0.138. The Morgan fingerprint density at radius 3 is 2.65 bits per heavy atom. The maximum absolute atomic E-state index is 11.2. The number of carboxylic acid groups (broad SMARTS) is 1. The molecule has 1 N–H and O–H groups in total. The van der Waals surface area contributed by atoms with Crippen molar-refractivity contribution in [1.29, 1.82) is 0 Å². The molecule has 1 aromatic carbocycles. The van der Waals surface area contributed by atoms with Crippen LogP contribution in [-0.4, -0.2) is 38.9 Å². The lowest BCUT2D eigenvalue weighted by atomic mass is 10.0. The van der Waals surface area contributed by atoms with Crippen molar-refractivity contribution >= 4 is 11.7 Å². The van der Waals surface area contributed by atoms with Gasteiger partial charge < -0.3 is 19.5 Å². The first-order chi connectivity index (χ1) is 8.08. The van der Waals surface area contributed by atoms with Crippen molar-refractivity contribution in [1.82, 2.24) is 0 Å². The third kappa shape index (κ3) is 1.77. The quantitative estimate of drug-likeness (QED) is 0.859. The van der Waals surface area contributed by atoms with Gasteiger partial charge in [-0.25, -0.2) is 0 Å². The maximum atomic E-state index is 11.2. The molecule has 1 aromatic rings. The van der Waals surface area contributed by atoms with Gasteiger partial charge in [-0.1, -0.05) is 0 Å². The second kappa shape index (κ2) is 4.16. The largest absolute Gasteiger partial charge is 0.497 e. The van der Waals surface area contributed by atoms with Crippen LogP contribution in [0.15, 0.2) is 12.1 Å². The average Bonchev–Trinajstić information content (AvgIpc) is 2.66. The van der Waals surface area contributed by atoms with Crippen LogP contribution in [0.4, 0.5) is 5.69 Å². The van der Waals surface area contributed by atoms with Crippen LogP contribution in [0.1, 0.15) is 11.5 Å². The van der Waals surface area contributed by atoms with E-state index in [-0.39, 0.29) is 0 Å². The van der Waals surface area contributed by atoms with Crippen molar-refractivity contribution in [2.24, 2.45) is 0 Å². The van der Waals surface area contributed by atoms with Crippen LogP contribution in [0.2, 0.25) is 0 Å². The fraction of sp³-hybridized carbons (Fsp3) is 0.417. The van der Waals surface area contributed by atoms with Gasteiger partial charge in [-0.2, -0.15) is 0 Å². The third-order valence-corrected chi connectivity index (χ3v) is 3.05. The molecule has 5 heteroatoms. The number of ether oxygens (including phenoxy) is 2. The van der Waals surface area contributed by atoms with E-state index >= 15 is 0 Å². The lowest BCUT2D eigenvalue weighted by Gasteiger charge is -2.16. The van der Waals surface area contributed by atoms with E-state index in [0.717, 1.165) is 11.3 Å². The molecule has 0 saturated heterocycles. The van der Waals surface area contributed by atoms with Gasteiger partial charge in [-0.05, 0) is 11.6 Å². The first-order valence-corrected chi connectivity index (χ1v) is 5.28. The minimum atomic E-state index is -0.828. The second-order valence-corrected chi connectivity index (χ2v) is 4.04. The summed E-state index contributed by atoms with van der Waals surface area (Å²) in [5, 5.41) is 9.20. The number of rotatable bonds is 3. The maximum Gasteiger partial charge on any atom is 0.312 e. The van der Waals surface area contributed by atoms with E-state index in [1.54, 1.807) is 26.4 Å². The number of carboxylic acids is 1. The number of benzene rings is 1. The lowest BCUT2D eigenvalue weighted by Crippen LogP contribution is -2.20. The number of hydrogen-bond donors (Lipinski definition) is 1. The molecule has 0 fully saturated rings. The molecule has 0 bridgehead atoms. The van der Waals surface area contributed by atoms with Gasteiger partial charge >= 0.3 is 5.97 Å². The summed E-state index contributed by atoms with van der Waals surface area (Å²) in [4.78, 5) is 13.1. The van der Waals surface area contributed by atoms with Gasteiger partial charge in [0.05, 0.1) is 19.9 Å². The van der Waals surface area contributed by atoms with Gasteiger partial charge in [-0.15, -0.1) is 0 Å². The monoisotopic (exact) mass is 237 g/mol. The van der Waals surface area contributed by atoms with Crippen LogP contribution < -0.4 is 14.4 Å². The number of nitrogens with zero attached hydrogens (tertiary/aromatic N) is 1. The molecular weight excluding hydrogens is 222 g/mol. The predicted molar refractivity (Wildman–Crippen MR) is 63.2 cm³/mol. The number of anilines is 1.